The third kappa shape index (κ3) is 5.45. The number of hydrogen-bond acceptors (Lipinski definition) is 4. The number of hydrogen-bond donors (Lipinski definition) is 1. The lowest BCUT2D eigenvalue weighted by Gasteiger charge is -2.09. The largest absolute Gasteiger partial charge is 0.452 e. The minimum atomic E-state index is -0.476. The van der Waals surface area contributed by atoms with Crippen LogP contribution in [0.4, 0.5) is 0 Å². The van der Waals surface area contributed by atoms with Crippen molar-refractivity contribution in [1.29, 1.82) is 0 Å². The minimum absolute atomic E-state index is 0.281. The smallest absolute Gasteiger partial charge is 0.339 e. The van der Waals surface area contributed by atoms with Crippen LogP contribution in [0, 0.1) is 0 Å². The topological polar surface area (TPSA) is 55.4 Å². The molecule has 0 bridgehead atoms. The van der Waals surface area contributed by atoms with Gasteiger partial charge >= 0.3 is 5.97 Å². The molecule has 0 saturated heterocycles. The molecule has 0 aliphatic rings. The number of carbonyl (C=O) groups is 2. The molecule has 4 nitrogen and oxygen atoms in total. The molecular weight excluding hydrogens is 310 g/mol. The molecule has 2 rings (SSSR count). The van der Waals surface area contributed by atoms with Gasteiger partial charge in [-0.05, 0) is 23.4 Å². The molecule has 0 saturated carbocycles. The Morgan fingerprint density at radius 2 is 1.74 bits per heavy atom. The summed E-state index contributed by atoms with van der Waals surface area (Å²) in [6.07, 6.45) is 0. The molecule has 0 aromatic heterocycles. The maximum absolute atomic E-state index is 12.1. The van der Waals surface area contributed by atoms with E-state index in [-0.39, 0.29) is 12.5 Å². The Morgan fingerprint density at radius 1 is 1.04 bits per heavy atom. The number of nitrogens with one attached hydrogen (secondary N) is 1. The highest BCUT2D eigenvalue weighted by atomic mass is 32.2. The second-order valence-corrected chi connectivity index (χ2v) is 6.07. The van der Waals surface area contributed by atoms with Crippen LogP contribution in [-0.4, -0.2) is 24.2 Å². The SMILES string of the molecule is CCSc1ccccc1C(=O)OCC(=O)NCc1ccccc1. The summed E-state index contributed by atoms with van der Waals surface area (Å²) in [7, 11) is 0. The van der Waals surface area contributed by atoms with Crippen molar-refractivity contribution in [2.24, 2.45) is 0 Å². The van der Waals surface area contributed by atoms with Crippen molar-refractivity contribution >= 4 is 23.6 Å². The molecule has 23 heavy (non-hydrogen) atoms. The van der Waals surface area contributed by atoms with Gasteiger partial charge in [0.1, 0.15) is 0 Å². The van der Waals surface area contributed by atoms with Crippen molar-refractivity contribution in [3.63, 3.8) is 0 Å². The zero-order chi connectivity index (χ0) is 16.5. The molecule has 2 aromatic rings. The van der Waals surface area contributed by atoms with Crippen molar-refractivity contribution in [2.45, 2.75) is 18.4 Å². The highest BCUT2D eigenvalue weighted by Gasteiger charge is 2.14. The molecule has 0 atom stereocenters. The molecule has 1 amide bonds. The average molecular weight is 329 g/mol. The van der Waals surface area contributed by atoms with Gasteiger partial charge in [-0.2, -0.15) is 0 Å². The van der Waals surface area contributed by atoms with Crippen LogP contribution in [0.2, 0.25) is 0 Å². The maximum Gasteiger partial charge on any atom is 0.339 e. The predicted octanol–water partition coefficient (Wildman–Crippen LogP) is 3.27. The Morgan fingerprint density at radius 3 is 2.48 bits per heavy atom. The van der Waals surface area contributed by atoms with Crippen molar-refractivity contribution < 1.29 is 14.3 Å². The van der Waals surface area contributed by atoms with Crippen molar-refractivity contribution in [3.8, 4) is 0 Å². The number of ether oxygens (including phenoxy) is 1. The molecule has 0 heterocycles. The van der Waals surface area contributed by atoms with Crippen LogP contribution in [0.15, 0.2) is 59.5 Å². The van der Waals surface area contributed by atoms with Crippen LogP contribution in [0.3, 0.4) is 0 Å². The summed E-state index contributed by atoms with van der Waals surface area (Å²) in [5.74, 6) is 0.0706. The zero-order valence-corrected chi connectivity index (χ0v) is 13.8. The Bertz CT molecular complexity index is 658. The molecular formula is C18H19NO3S. The normalized spacial score (nSPS) is 10.1. The van der Waals surface area contributed by atoms with E-state index in [4.69, 9.17) is 4.74 Å². The van der Waals surface area contributed by atoms with E-state index in [1.807, 2.05) is 49.4 Å². The summed E-state index contributed by atoms with van der Waals surface area (Å²) in [6.45, 7) is 2.15. The Kier molecular flexibility index (Phi) is 6.69. The van der Waals surface area contributed by atoms with E-state index >= 15 is 0 Å². The predicted molar refractivity (Wildman–Crippen MR) is 91.4 cm³/mol. The van der Waals surface area contributed by atoms with Crippen LogP contribution in [0.5, 0.6) is 0 Å². The lowest BCUT2D eigenvalue weighted by molar-refractivity contribution is -0.124. The standard InChI is InChI=1S/C18H19NO3S/c1-2-23-16-11-7-6-10-15(16)18(21)22-13-17(20)19-12-14-8-4-3-5-9-14/h3-11H,2,12-13H2,1H3,(H,19,20). The van der Waals surface area contributed by atoms with Gasteiger partial charge in [-0.3, -0.25) is 4.79 Å². The molecule has 0 radical (unpaired) electrons. The summed E-state index contributed by atoms with van der Waals surface area (Å²) < 4.78 is 5.10. The first-order valence-electron chi connectivity index (χ1n) is 7.40. The second-order valence-electron chi connectivity index (χ2n) is 4.77. The number of rotatable bonds is 7. The van der Waals surface area contributed by atoms with Crippen LogP contribution in [-0.2, 0) is 16.1 Å². The first-order chi connectivity index (χ1) is 11.2. The van der Waals surface area contributed by atoms with Crippen molar-refractivity contribution in [3.05, 3.63) is 65.7 Å². The van der Waals surface area contributed by atoms with Gasteiger partial charge in [-0.15, -0.1) is 11.8 Å². The van der Waals surface area contributed by atoms with Crippen molar-refractivity contribution in [2.75, 3.05) is 12.4 Å². The summed E-state index contributed by atoms with van der Waals surface area (Å²) in [5.41, 5.74) is 1.49. The first kappa shape index (κ1) is 17.1. The van der Waals surface area contributed by atoms with Crippen molar-refractivity contribution in [1.82, 2.24) is 5.32 Å². The highest BCUT2D eigenvalue weighted by Crippen LogP contribution is 2.22. The van der Waals surface area contributed by atoms with E-state index in [0.29, 0.717) is 12.1 Å². The number of thioether (sulfide) groups is 1. The van der Waals surface area contributed by atoms with E-state index in [1.165, 1.54) is 0 Å². The summed E-state index contributed by atoms with van der Waals surface area (Å²) in [6, 6.07) is 16.8. The van der Waals surface area contributed by atoms with Gasteiger partial charge in [-0.25, -0.2) is 4.79 Å². The molecule has 0 unspecified atom stereocenters. The quantitative estimate of drug-likeness (QED) is 0.626. The average Bonchev–Trinajstić information content (AvgIpc) is 2.59. The van der Waals surface area contributed by atoms with E-state index < -0.39 is 5.97 Å². The fourth-order valence-electron chi connectivity index (χ4n) is 1.97. The number of amides is 1. The summed E-state index contributed by atoms with van der Waals surface area (Å²) in [4.78, 5) is 24.7. The first-order valence-corrected chi connectivity index (χ1v) is 8.39. The van der Waals surface area contributed by atoms with Gasteiger partial charge in [-0.1, -0.05) is 49.4 Å². The lowest BCUT2D eigenvalue weighted by atomic mass is 10.2. The molecule has 0 spiro atoms. The van der Waals surface area contributed by atoms with Crippen LogP contribution in [0.1, 0.15) is 22.8 Å². The second kappa shape index (κ2) is 9.00. The van der Waals surface area contributed by atoms with Crippen LogP contribution >= 0.6 is 11.8 Å². The minimum Gasteiger partial charge on any atom is -0.452 e. The van der Waals surface area contributed by atoms with Crippen LogP contribution < -0.4 is 5.32 Å². The number of esters is 1. The maximum atomic E-state index is 12.1. The van der Waals surface area contributed by atoms with Gasteiger partial charge in [0.25, 0.3) is 5.91 Å². The molecule has 1 N–H and O–H groups in total. The third-order valence-electron chi connectivity index (χ3n) is 3.07. The Balaban J connectivity index is 1.83. The highest BCUT2D eigenvalue weighted by molar-refractivity contribution is 7.99. The lowest BCUT2D eigenvalue weighted by Crippen LogP contribution is -2.28. The monoisotopic (exact) mass is 329 g/mol. The zero-order valence-electron chi connectivity index (χ0n) is 13.0. The van der Waals surface area contributed by atoms with Gasteiger partial charge in [0.15, 0.2) is 6.61 Å². The van der Waals surface area contributed by atoms with Gasteiger partial charge < -0.3 is 10.1 Å². The van der Waals surface area contributed by atoms with E-state index in [9.17, 15) is 9.59 Å². The van der Waals surface area contributed by atoms with Gasteiger partial charge in [0, 0.05) is 11.4 Å². The fraction of sp³-hybridized carbons (Fsp3) is 0.222. The van der Waals surface area contributed by atoms with Gasteiger partial charge in [0.2, 0.25) is 0 Å². The van der Waals surface area contributed by atoms with Crippen LogP contribution in [0.25, 0.3) is 0 Å². The molecule has 0 aliphatic carbocycles. The summed E-state index contributed by atoms with van der Waals surface area (Å²) >= 11 is 1.57. The number of benzene rings is 2. The molecule has 5 heteroatoms. The summed E-state index contributed by atoms with van der Waals surface area (Å²) in [5, 5.41) is 2.72. The molecule has 0 fully saturated rings. The number of carbonyl (C=O) groups excluding carboxylic acids is 2. The fourth-order valence-corrected chi connectivity index (χ4v) is 2.77. The van der Waals surface area contributed by atoms with E-state index in [1.54, 1.807) is 23.9 Å². The Hall–Kier alpha value is -2.27. The molecule has 120 valence electrons. The Labute approximate surface area is 140 Å². The van der Waals surface area contributed by atoms with Gasteiger partial charge in [0.05, 0.1) is 5.56 Å². The van der Waals surface area contributed by atoms with E-state index in [2.05, 4.69) is 5.32 Å². The molecule has 0 aliphatic heterocycles. The molecule has 2 aromatic carbocycles. The third-order valence-corrected chi connectivity index (χ3v) is 4.03. The van der Waals surface area contributed by atoms with E-state index in [0.717, 1.165) is 16.2 Å².